The maximum Gasteiger partial charge on any atom is 0.251 e. The zero-order valence-corrected chi connectivity index (χ0v) is 10.2. The quantitative estimate of drug-likeness (QED) is 0.772. The topological polar surface area (TPSA) is 29.1 Å². The molecule has 1 aromatic carbocycles. The number of thiol groups is 1. The Labute approximate surface area is 102 Å². The Bertz CT molecular complexity index is 374. The van der Waals surface area contributed by atoms with E-state index in [2.05, 4.69) is 17.9 Å². The number of amides is 1. The number of rotatable bonds is 4. The zero-order valence-electron chi connectivity index (χ0n) is 9.28. The van der Waals surface area contributed by atoms with Crippen molar-refractivity contribution in [2.45, 2.75) is 30.6 Å². The van der Waals surface area contributed by atoms with Crippen molar-refractivity contribution >= 4 is 18.5 Å². The van der Waals surface area contributed by atoms with Gasteiger partial charge in [-0.1, -0.05) is 25.3 Å². The average molecular weight is 235 g/mol. The Balaban J connectivity index is 1.78. The van der Waals surface area contributed by atoms with Gasteiger partial charge in [0.05, 0.1) is 0 Å². The minimum Gasteiger partial charge on any atom is -0.352 e. The molecule has 1 fully saturated rings. The zero-order chi connectivity index (χ0) is 11.4. The van der Waals surface area contributed by atoms with E-state index in [1.165, 1.54) is 19.3 Å². The van der Waals surface area contributed by atoms with Gasteiger partial charge in [-0.25, -0.2) is 0 Å². The van der Waals surface area contributed by atoms with Crippen LogP contribution in [0.4, 0.5) is 0 Å². The van der Waals surface area contributed by atoms with Gasteiger partial charge in [-0.05, 0) is 30.5 Å². The van der Waals surface area contributed by atoms with Gasteiger partial charge in [0.1, 0.15) is 0 Å². The van der Waals surface area contributed by atoms with Gasteiger partial charge < -0.3 is 5.32 Å². The van der Waals surface area contributed by atoms with Crippen LogP contribution in [0.25, 0.3) is 0 Å². The van der Waals surface area contributed by atoms with E-state index in [9.17, 15) is 4.79 Å². The third kappa shape index (κ3) is 3.01. The predicted octanol–water partition coefficient (Wildman–Crippen LogP) is 2.90. The monoisotopic (exact) mass is 235 g/mol. The summed E-state index contributed by atoms with van der Waals surface area (Å²) in [6.45, 7) is 0.792. The molecule has 0 radical (unpaired) electrons. The molecule has 1 aromatic rings. The Morgan fingerprint density at radius 3 is 2.88 bits per heavy atom. The molecule has 1 aliphatic rings. The minimum absolute atomic E-state index is 0.00947. The number of benzene rings is 1. The molecule has 0 saturated heterocycles. The Hall–Kier alpha value is -0.960. The van der Waals surface area contributed by atoms with Crippen molar-refractivity contribution in [3.05, 3.63) is 29.8 Å². The summed E-state index contributed by atoms with van der Waals surface area (Å²) in [5, 5.41) is 2.95. The lowest BCUT2D eigenvalue weighted by atomic mass is 9.83. The van der Waals surface area contributed by atoms with Gasteiger partial charge in [0.2, 0.25) is 0 Å². The Morgan fingerprint density at radius 2 is 2.25 bits per heavy atom. The molecule has 3 heteroatoms. The normalized spacial score (nSPS) is 15.6. The third-order valence-electron chi connectivity index (χ3n) is 3.17. The van der Waals surface area contributed by atoms with Crippen LogP contribution in [0, 0.1) is 5.92 Å². The predicted molar refractivity (Wildman–Crippen MR) is 68.0 cm³/mol. The first kappa shape index (κ1) is 11.5. The highest BCUT2D eigenvalue weighted by molar-refractivity contribution is 7.80. The summed E-state index contributed by atoms with van der Waals surface area (Å²) in [7, 11) is 0. The summed E-state index contributed by atoms with van der Waals surface area (Å²) < 4.78 is 0. The molecule has 16 heavy (non-hydrogen) atoms. The van der Waals surface area contributed by atoms with E-state index in [0.717, 1.165) is 23.8 Å². The highest BCUT2D eigenvalue weighted by Crippen LogP contribution is 2.28. The molecular weight excluding hydrogens is 218 g/mol. The van der Waals surface area contributed by atoms with Crippen LogP contribution in [0.2, 0.25) is 0 Å². The highest BCUT2D eigenvalue weighted by atomic mass is 32.1. The van der Waals surface area contributed by atoms with Gasteiger partial charge in [-0.3, -0.25) is 4.79 Å². The van der Waals surface area contributed by atoms with Crippen molar-refractivity contribution in [3.8, 4) is 0 Å². The first-order valence-corrected chi connectivity index (χ1v) is 6.27. The van der Waals surface area contributed by atoms with Gasteiger partial charge in [-0.15, -0.1) is 12.6 Å². The molecule has 0 aliphatic heterocycles. The van der Waals surface area contributed by atoms with Crippen LogP contribution < -0.4 is 5.32 Å². The highest BCUT2D eigenvalue weighted by Gasteiger charge is 2.16. The van der Waals surface area contributed by atoms with Crippen molar-refractivity contribution in [2.75, 3.05) is 6.54 Å². The molecule has 0 atom stereocenters. The van der Waals surface area contributed by atoms with Crippen molar-refractivity contribution in [3.63, 3.8) is 0 Å². The molecule has 1 N–H and O–H groups in total. The van der Waals surface area contributed by atoms with Crippen LogP contribution in [0.5, 0.6) is 0 Å². The van der Waals surface area contributed by atoms with E-state index >= 15 is 0 Å². The molecule has 0 bridgehead atoms. The van der Waals surface area contributed by atoms with Gasteiger partial charge in [0, 0.05) is 17.0 Å². The fourth-order valence-electron chi connectivity index (χ4n) is 1.92. The van der Waals surface area contributed by atoms with Crippen LogP contribution in [-0.4, -0.2) is 12.5 Å². The second kappa shape index (κ2) is 5.39. The number of carbonyl (C=O) groups excluding carboxylic acids is 1. The van der Waals surface area contributed by atoms with Crippen molar-refractivity contribution in [2.24, 2.45) is 5.92 Å². The number of nitrogens with one attached hydrogen (secondary N) is 1. The van der Waals surface area contributed by atoms with E-state index in [0.29, 0.717) is 5.56 Å². The maximum absolute atomic E-state index is 11.7. The standard InChI is InChI=1S/C13H17NOS/c15-13(11-5-2-6-12(16)9-11)14-8-7-10-3-1-4-10/h2,5-6,9-10,16H,1,3-4,7-8H2,(H,14,15). The van der Waals surface area contributed by atoms with Crippen LogP contribution in [-0.2, 0) is 0 Å². The third-order valence-corrected chi connectivity index (χ3v) is 3.45. The fraction of sp³-hybridized carbons (Fsp3) is 0.462. The molecule has 0 spiro atoms. The molecule has 2 rings (SSSR count). The molecule has 1 amide bonds. The summed E-state index contributed by atoms with van der Waals surface area (Å²) in [5.74, 6) is 0.853. The lowest BCUT2D eigenvalue weighted by Crippen LogP contribution is -2.27. The molecule has 2 nitrogen and oxygen atoms in total. The lowest BCUT2D eigenvalue weighted by molar-refractivity contribution is 0.0949. The van der Waals surface area contributed by atoms with Crippen molar-refractivity contribution in [1.29, 1.82) is 0 Å². The van der Waals surface area contributed by atoms with E-state index in [-0.39, 0.29) is 5.91 Å². The van der Waals surface area contributed by atoms with Crippen molar-refractivity contribution < 1.29 is 4.79 Å². The van der Waals surface area contributed by atoms with Crippen LogP contribution in [0.15, 0.2) is 29.2 Å². The lowest BCUT2D eigenvalue weighted by Gasteiger charge is -2.25. The van der Waals surface area contributed by atoms with Crippen LogP contribution >= 0.6 is 12.6 Å². The van der Waals surface area contributed by atoms with Crippen LogP contribution in [0.3, 0.4) is 0 Å². The molecule has 0 aromatic heterocycles. The van der Waals surface area contributed by atoms with E-state index in [1.54, 1.807) is 6.07 Å². The van der Waals surface area contributed by atoms with E-state index in [4.69, 9.17) is 0 Å². The summed E-state index contributed by atoms with van der Waals surface area (Å²) in [6.07, 6.45) is 5.15. The molecule has 0 heterocycles. The molecule has 86 valence electrons. The Kier molecular flexibility index (Phi) is 3.88. The molecule has 1 aliphatic carbocycles. The SMILES string of the molecule is O=C(NCCC1CCC1)c1cccc(S)c1. The smallest absolute Gasteiger partial charge is 0.251 e. The van der Waals surface area contributed by atoms with Gasteiger partial charge >= 0.3 is 0 Å². The summed E-state index contributed by atoms with van der Waals surface area (Å²) in [4.78, 5) is 12.6. The van der Waals surface area contributed by atoms with Crippen molar-refractivity contribution in [1.82, 2.24) is 5.32 Å². The number of hydrogen-bond acceptors (Lipinski definition) is 2. The molecule has 0 unspecified atom stereocenters. The second-order valence-corrected chi connectivity index (χ2v) is 4.91. The first-order chi connectivity index (χ1) is 7.75. The molecular formula is C13H17NOS. The summed E-state index contributed by atoms with van der Waals surface area (Å²) in [6, 6.07) is 7.33. The van der Waals surface area contributed by atoms with E-state index in [1.807, 2.05) is 18.2 Å². The molecule has 1 saturated carbocycles. The van der Waals surface area contributed by atoms with E-state index < -0.39 is 0 Å². The largest absolute Gasteiger partial charge is 0.352 e. The number of hydrogen-bond donors (Lipinski definition) is 2. The summed E-state index contributed by atoms with van der Waals surface area (Å²) in [5.41, 5.74) is 0.695. The number of carbonyl (C=O) groups is 1. The van der Waals surface area contributed by atoms with Crippen LogP contribution in [0.1, 0.15) is 36.0 Å². The van der Waals surface area contributed by atoms with Gasteiger partial charge in [-0.2, -0.15) is 0 Å². The fourth-order valence-corrected chi connectivity index (χ4v) is 2.15. The minimum atomic E-state index is 0.00947. The Morgan fingerprint density at radius 1 is 1.44 bits per heavy atom. The average Bonchev–Trinajstić information content (AvgIpc) is 2.21. The first-order valence-electron chi connectivity index (χ1n) is 5.83. The van der Waals surface area contributed by atoms with Gasteiger partial charge in [0.25, 0.3) is 5.91 Å². The summed E-state index contributed by atoms with van der Waals surface area (Å²) >= 11 is 4.22. The second-order valence-electron chi connectivity index (χ2n) is 4.39. The van der Waals surface area contributed by atoms with Gasteiger partial charge in [0.15, 0.2) is 0 Å². The maximum atomic E-state index is 11.7.